The summed E-state index contributed by atoms with van der Waals surface area (Å²) in [5.41, 5.74) is 0.664. The largest absolute Gasteiger partial charge is 0.383 e. The fourth-order valence-electron chi connectivity index (χ4n) is 1.53. The van der Waals surface area contributed by atoms with Gasteiger partial charge in [0.05, 0.1) is 6.61 Å². The molecule has 2 amide bonds. The van der Waals surface area contributed by atoms with Gasteiger partial charge in [0, 0.05) is 32.0 Å². The highest BCUT2D eigenvalue weighted by molar-refractivity contribution is 5.98. The first-order chi connectivity index (χ1) is 9.69. The Kier molecular flexibility index (Phi) is 7.27. The highest BCUT2D eigenvalue weighted by Crippen LogP contribution is 2.02. The molecule has 0 aliphatic rings. The molecule has 6 nitrogen and oxygen atoms in total. The third kappa shape index (κ3) is 5.36. The van der Waals surface area contributed by atoms with Gasteiger partial charge >= 0.3 is 0 Å². The van der Waals surface area contributed by atoms with E-state index in [9.17, 15) is 9.59 Å². The van der Waals surface area contributed by atoms with Gasteiger partial charge in [-0.25, -0.2) is 0 Å². The highest BCUT2D eigenvalue weighted by atomic mass is 16.5. The summed E-state index contributed by atoms with van der Waals surface area (Å²) < 4.78 is 4.85. The number of hydrogen-bond acceptors (Lipinski definition) is 4. The van der Waals surface area contributed by atoms with E-state index >= 15 is 0 Å². The lowest BCUT2D eigenvalue weighted by atomic mass is 10.2. The number of rotatable bonds is 8. The monoisotopic (exact) mass is 279 g/mol. The summed E-state index contributed by atoms with van der Waals surface area (Å²) >= 11 is 0. The number of nitrogens with zero attached hydrogens (tertiary/aromatic N) is 1. The summed E-state index contributed by atoms with van der Waals surface area (Å²) in [7, 11) is 1.57. The zero-order chi connectivity index (χ0) is 14.8. The van der Waals surface area contributed by atoms with E-state index in [1.165, 1.54) is 12.3 Å². The normalized spacial score (nSPS) is 10.1. The van der Waals surface area contributed by atoms with Gasteiger partial charge in [0.25, 0.3) is 11.8 Å². The first-order valence-electron chi connectivity index (χ1n) is 6.70. The fourth-order valence-corrected chi connectivity index (χ4v) is 1.53. The zero-order valence-corrected chi connectivity index (χ0v) is 11.9. The number of amides is 2. The lowest BCUT2D eigenvalue weighted by Gasteiger charge is -2.06. The number of carbonyl (C=O) groups is 2. The number of methoxy groups -OCH3 is 1. The predicted molar refractivity (Wildman–Crippen MR) is 75.7 cm³/mol. The Bertz CT molecular complexity index is 412. The third-order valence-electron chi connectivity index (χ3n) is 2.66. The van der Waals surface area contributed by atoms with E-state index in [-0.39, 0.29) is 17.5 Å². The van der Waals surface area contributed by atoms with Gasteiger partial charge < -0.3 is 15.4 Å². The minimum Gasteiger partial charge on any atom is -0.383 e. The summed E-state index contributed by atoms with van der Waals surface area (Å²) in [6.45, 7) is 3.54. The Morgan fingerprint density at radius 3 is 2.70 bits per heavy atom. The summed E-state index contributed by atoms with van der Waals surface area (Å²) in [5, 5.41) is 5.46. The summed E-state index contributed by atoms with van der Waals surface area (Å²) in [4.78, 5) is 27.6. The molecule has 6 heteroatoms. The van der Waals surface area contributed by atoms with E-state index in [0.29, 0.717) is 25.3 Å². The summed E-state index contributed by atoms with van der Waals surface area (Å²) in [5.74, 6) is -0.503. The molecule has 0 bridgehead atoms. The Morgan fingerprint density at radius 2 is 2.00 bits per heavy atom. The molecule has 2 N–H and O–H groups in total. The number of hydrogen-bond donors (Lipinski definition) is 2. The quantitative estimate of drug-likeness (QED) is 0.695. The van der Waals surface area contributed by atoms with E-state index in [2.05, 4.69) is 22.5 Å². The van der Waals surface area contributed by atoms with Gasteiger partial charge in [0.15, 0.2) is 0 Å². The standard InChI is InChI=1S/C14H21N3O3/c1-3-4-6-16-14(19)12-10-11(5-7-15-12)13(18)17-8-9-20-2/h5,7,10H,3-4,6,8-9H2,1-2H3,(H,16,19)(H,17,18). The van der Waals surface area contributed by atoms with Crippen LogP contribution in [0.4, 0.5) is 0 Å². The smallest absolute Gasteiger partial charge is 0.269 e. The molecule has 0 saturated heterocycles. The van der Waals surface area contributed by atoms with Gasteiger partial charge in [-0.1, -0.05) is 13.3 Å². The fraction of sp³-hybridized carbons (Fsp3) is 0.500. The highest BCUT2D eigenvalue weighted by Gasteiger charge is 2.11. The summed E-state index contributed by atoms with van der Waals surface area (Å²) in [6, 6.07) is 3.06. The van der Waals surface area contributed by atoms with Crippen molar-refractivity contribution in [1.82, 2.24) is 15.6 Å². The maximum Gasteiger partial charge on any atom is 0.269 e. The number of unbranched alkanes of at least 4 members (excludes halogenated alkanes) is 1. The zero-order valence-electron chi connectivity index (χ0n) is 11.9. The van der Waals surface area contributed by atoms with Crippen LogP contribution in [-0.2, 0) is 4.74 Å². The van der Waals surface area contributed by atoms with Crippen LogP contribution in [0.15, 0.2) is 18.3 Å². The van der Waals surface area contributed by atoms with Crippen LogP contribution < -0.4 is 10.6 Å². The van der Waals surface area contributed by atoms with Gasteiger partial charge in [0.2, 0.25) is 0 Å². The van der Waals surface area contributed by atoms with Crippen molar-refractivity contribution < 1.29 is 14.3 Å². The first kappa shape index (κ1) is 16.1. The minimum atomic E-state index is -0.259. The Balaban J connectivity index is 2.60. The molecule has 1 rings (SSSR count). The number of ether oxygens (including phenoxy) is 1. The first-order valence-corrected chi connectivity index (χ1v) is 6.70. The van der Waals surface area contributed by atoms with Crippen LogP contribution in [0.2, 0.25) is 0 Å². The molecule has 110 valence electrons. The maximum atomic E-state index is 11.8. The Hall–Kier alpha value is -1.95. The van der Waals surface area contributed by atoms with Gasteiger partial charge in [-0.3, -0.25) is 14.6 Å². The minimum absolute atomic E-state index is 0.243. The van der Waals surface area contributed by atoms with Crippen molar-refractivity contribution in [3.05, 3.63) is 29.6 Å². The molecular formula is C14H21N3O3. The molecule has 0 saturated carbocycles. The molecule has 0 aliphatic heterocycles. The molecule has 1 aromatic rings. The third-order valence-corrected chi connectivity index (χ3v) is 2.66. The topological polar surface area (TPSA) is 80.3 Å². The van der Waals surface area contributed by atoms with Crippen LogP contribution in [-0.4, -0.2) is 43.6 Å². The number of aromatic nitrogens is 1. The van der Waals surface area contributed by atoms with Crippen LogP contribution in [0.5, 0.6) is 0 Å². The Morgan fingerprint density at radius 1 is 1.25 bits per heavy atom. The Labute approximate surface area is 118 Å². The molecule has 0 spiro atoms. The summed E-state index contributed by atoms with van der Waals surface area (Å²) in [6.07, 6.45) is 3.39. The second-order valence-electron chi connectivity index (χ2n) is 4.29. The van der Waals surface area contributed by atoms with Crippen LogP contribution in [0.1, 0.15) is 40.6 Å². The van der Waals surface area contributed by atoms with E-state index in [0.717, 1.165) is 12.8 Å². The van der Waals surface area contributed by atoms with E-state index in [1.54, 1.807) is 13.2 Å². The van der Waals surface area contributed by atoms with E-state index in [4.69, 9.17) is 4.74 Å². The molecule has 1 aromatic heterocycles. The van der Waals surface area contributed by atoms with Crippen molar-refractivity contribution in [2.45, 2.75) is 19.8 Å². The molecule has 0 unspecified atom stereocenters. The van der Waals surface area contributed by atoms with Crippen molar-refractivity contribution in [2.24, 2.45) is 0 Å². The van der Waals surface area contributed by atoms with Crippen molar-refractivity contribution in [3.63, 3.8) is 0 Å². The van der Waals surface area contributed by atoms with Crippen LogP contribution in [0.3, 0.4) is 0 Å². The van der Waals surface area contributed by atoms with E-state index in [1.807, 2.05) is 0 Å². The van der Waals surface area contributed by atoms with Gasteiger partial charge in [-0.05, 0) is 18.6 Å². The van der Waals surface area contributed by atoms with Gasteiger partial charge in [-0.15, -0.1) is 0 Å². The van der Waals surface area contributed by atoms with Crippen molar-refractivity contribution in [3.8, 4) is 0 Å². The molecule has 0 atom stereocenters. The SMILES string of the molecule is CCCCNC(=O)c1cc(C(=O)NCCOC)ccn1. The number of pyridine rings is 1. The average molecular weight is 279 g/mol. The van der Waals surface area contributed by atoms with Crippen molar-refractivity contribution in [2.75, 3.05) is 26.8 Å². The van der Waals surface area contributed by atoms with Crippen molar-refractivity contribution >= 4 is 11.8 Å². The molecule has 0 radical (unpaired) electrons. The molecular weight excluding hydrogens is 258 g/mol. The molecule has 0 aromatic carbocycles. The second kappa shape index (κ2) is 9.03. The second-order valence-corrected chi connectivity index (χ2v) is 4.29. The van der Waals surface area contributed by atoms with Crippen LogP contribution in [0, 0.1) is 0 Å². The predicted octanol–water partition coefficient (Wildman–Crippen LogP) is 0.988. The molecule has 20 heavy (non-hydrogen) atoms. The number of nitrogens with one attached hydrogen (secondary N) is 2. The van der Waals surface area contributed by atoms with Gasteiger partial charge in [-0.2, -0.15) is 0 Å². The molecule has 1 heterocycles. The molecule has 0 aliphatic carbocycles. The van der Waals surface area contributed by atoms with Crippen LogP contribution in [0.25, 0.3) is 0 Å². The van der Waals surface area contributed by atoms with E-state index < -0.39 is 0 Å². The average Bonchev–Trinajstić information content (AvgIpc) is 2.47. The molecule has 0 fully saturated rings. The number of carbonyl (C=O) groups excluding carboxylic acids is 2. The maximum absolute atomic E-state index is 11.8. The van der Waals surface area contributed by atoms with Gasteiger partial charge in [0.1, 0.15) is 5.69 Å². The lowest BCUT2D eigenvalue weighted by molar-refractivity contribution is 0.0937. The lowest BCUT2D eigenvalue weighted by Crippen LogP contribution is -2.28. The van der Waals surface area contributed by atoms with Crippen molar-refractivity contribution in [1.29, 1.82) is 0 Å². The van der Waals surface area contributed by atoms with Crippen LogP contribution >= 0.6 is 0 Å².